The normalized spacial score (nSPS) is 12.3. The molecule has 1 atom stereocenters. The Morgan fingerprint density at radius 1 is 1.14 bits per heavy atom. The van der Waals surface area contributed by atoms with Crippen molar-refractivity contribution in [3.05, 3.63) is 71.9 Å². The highest BCUT2D eigenvalue weighted by atomic mass is 14.9. The number of aromatic nitrogens is 3. The van der Waals surface area contributed by atoms with Gasteiger partial charge in [0.2, 0.25) is 0 Å². The summed E-state index contributed by atoms with van der Waals surface area (Å²) < 4.78 is 0. The van der Waals surface area contributed by atoms with Crippen LogP contribution in [0.2, 0.25) is 0 Å². The van der Waals surface area contributed by atoms with Crippen LogP contribution in [0.3, 0.4) is 0 Å². The van der Waals surface area contributed by atoms with Gasteiger partial charge in [0.1, 0.15) is 0 Å². The molecule has 0 spiro atoms. The first-order chi connectivity index (χ1) is 10.8. The van der Waals surface area contributed by atoms with E-state index in [0.717, 1.165) is 17.8 Å². The summed E-state index contributed by atoms with van der Waals surface area (Å²) in [6.07, 6.45) is 7.51. The van der Waals surface area contributed by atoms with E-state index in [1.54, 1.807) is 0 Å². The zero-order chi connectivity index (χ0) is 15.4. The molecule has 3 aromatic rings. The average molecular weight is 292 g/mol. The lowest BCUT2D eigenvalue weighted by atomic mass is 10.0. The Labute approximate surface area is 130 Å². The first-order valence-corrected chi connectivity index (χ1v) is 7.47. The molecule has 0 aromatic carbocycles. The Morgan fingerprint density at radius 3 is 2.68 bits per heavy atom. The van der Waals surface area contributed by atoms with Crippen molar-refractivity contribution in [2.24, 2.45) is 0 Å². The molecule has 4 heteroatoms. The van der Waals surface area contributed by atoms with E-state index in [4.69, 9.17) is 0 Å². The van der Waals surface area contributed by atoms with Crippen LogP contribution in [0.25, 0.3) is 11.3 Å². The summed E-state index contributed by atoms with van der Waals surface area (Å²) in [4.78, 5) is 11.8. The van der Waals surface area contributed by atoms with Crippen LogP contribution in [0, 0.1) is 6.92 Å². The molecule has 0 bridgehead atoms. The van der Waals surface area contributed by atoms with Crippen molar-refractivity contribution in [2.75, 3.05) is 0 Å². The Hall–Kier alpha value is -2.46. The van der Waals surface area contributed by atoms with Crippen LogP contribution < -0.4 is 5.32 Å². The van der Waals surface area contributed by atoms with Crippen LogP contribution in [-0.2, 0) is 6.54 Å². The van der Waals surface area contributed by atoms with E-state index in [0.29, 0.717) is 0 Å². The predicted molar refractivity (Wildman–Crippen MR) is 88.3 cm³/mol. The maximum atomic E-state index is 4.47. The van der Waals surface area contributed by atoms with Gasteiger partial charge in [-0.3, -0.25) is 9.97 Å². The van der Waals surface area contributed by atoms with Crippen LogP contribution in [-0.4, -0.2) is 15.0 Å². The molecule has 3 rings (SSSR count). The van der Waals surface area contributed by atoms with Crippen molar-refractivity contribution >= 4 is 0 Å². The first kappa shape index (κ1) is 14.5. The highest BCUT2D eigenvalue weighted by Crippen LogP contribution is 2.29. The first-order valence-electron chi connectivity index (χ1n) is 7.47. The zero-order valence-corrected chi connectivity index (χ0v) is 12.9. The fourth-order valence-corrected chi connectivity index (χ4v) is 2.70. The summed E-state index contributed by atoms with van der Waals surface area (Å²) in [5, 5.41) is 3.58. The van der Waals surface area contributed by atoms with E-state index in [2.05, 4.69) is 34.1 Å². The molecule has 0 amide bonds. The van der Waals surface area contributed by atoms with Gasteiger partial charge in [-0.2, -0.15) is 0 Å². The monoisotopic (exact) mass is 292 g/mol. The topological polar surface area (TPSA) is 53.6 Å². The van der Waals surface area contributed by atoms with Gasteiger partial charge in [0.05, 0.1) is 5.69 Å². The third-order valence-corrected chi connectivity index (χ3v) is 3.86. The standard InChI is InChI=1S/C18H20N4/c1-13(21-11-15-6-9-19-10-7-15)18-14(2)22-12-16(18)17-5-3-4-8-20-17/h3-10,12-13,21-22H,11H2,1-2H3. The quantitative estimate of drug-likeness (QED) is 0.755. The molecule has 4 nitrogen and oxygen atoms in total. The number of H-pyrrole nitrogens is 1. The molecule has 22 heavy (non-hydrogen) atoms. The second-order valence-corrected chi connectivity index (χ2v) is 5.41. The Morgan fingerprint density at radius 2 is 1.95 bits per heavy atom. The van der Waals surface area contributed by atoms with Crippen molar-refractivity contribution in [3.63, 3.8) is 0 Å². The van der Waals surface area contributed by atoms with E-state index in [1.165, 1.54) is 16.8 Å². The minimum atomic E-state index is 0.233. The fourth-order valence-electron chi connectivity index (χ4n) is 2.70. The third kappa shape index (κ3) is 3.07. The number of rotatable bonds is 5. The number of aromatic amines is 1. The number of pyridine rings is 2. The second-order valence-electron chi connectivity index (χ2n) is 5.41. The molecular weight excluding hydrogens is 272 g/mol. The lowest BCUT2D eigenvalue weighted by Crippen LogP contribution is -2.19. The Balaban J connectivity index is 1.81. The number of nitrogens with zero attached hydrogens (tertiary/aromatic N) is 2. The van der Waals surface area contributed by atoms with Crippen LogP contribution in [0.15, 0.2) is 55.1 Å². The lowest BCUT2D eigenvalue weighted by Gasteiger charge is -2.16. The molecule has 0 aliphatic heterocycles. The fraction of sp³-hybridized carbons (Fsp3) is 0.222. The van der Waals surface area contributed by atoms with Gasteiger partial charge in [-0.05, 0) is 49.2 Å². The summed E-state index contributed by atoms with van der Waals surface area (Å²) in [7, 11) is 0. The van der Waals surface area contributed by atoms with Gasteiger partial charge in [-0.1, -0.05) is 6.07 Å². The van der Waals surface area contributed by atoms with Crippen molar-refractivity contribution in [1.82, 2.24) is 20.3 Å². The lowest BCUT2D eigenvalue weighted by molar-refractivity contribution is 0.573. The molecule has 1 unspecified atom stereocenters. The molecule has 112 valence electrons. The van der Waals surface area contributed by atoms with Crippen molar-refractivity contribution < 1.29 is 0 Å². The van der Waals surface area contributed by atoms with E-state index in [1.807, 2.05) is 55.1 Å². The summed E-state index contributed by atoms with van der Waals surface area (Å²) in [5.74, 6) is 0. The molecule has 3 aromatic heterocycles. The molecule has 0 fully saturated rings. The molecular formula is C18H20N4. The SMILES string of the molecule is Cc1[nH]cc(-c2ccccn2)c1C(C)NCc1ccncc1. The van der Waals surface area contributed by atoms with Crippen LogP contribution in [0.1, 0.15) is 29.8 Å². The van der Waals surface area contributed by atoms with Crippen LogP contribution >= 0.6 is 0 Å². The number of aryl methyl sites for hydroxylation is 1. The maximum Gasteiger partial charge on any atom is 0.0720 e. The van der Waals surface area contributed by atoms with Crippen molar-refractivity contribution in [3.8, 4) is 11.3 Å². The van der Waals surface area contributed by atoms with Gasteiger partial charge in [0.15, 0.2) is 0 Å². The van der Waals surface area contributed by atoms with Gasteiger partial charge in [0, 0.05) is 48.6 Å². The largest absolute Gasteiger partial charge is 0.364 e. The molecule has 0 aliphatic rings. The minimum Gasteiger partial charge on any atom is -0.364 e. The van der Waals surface area contributed by atoms with Crippen molar-refractivity contribution in [2.45, 2.75) is 26.4 Å². The van der Waals surface area contributed by atoms with E-state index >= 15 is 0 Å². The molecule has 0 aliphatic carbocycles. The van der Waals surface area contributed by atoms with Crippen LogP contribution in [0.5, 0.6) is 0 Å². The van der Waals surface area contributed by atoms with Gasteiger partial charge >= 0.3 is 0 Å². The maximum absolute atomic E-state index is 4.47. The molecule has 2 N–H and O–H groups in total. The molecule has 3 heterocycles. The second kappa shape index (κ2) is 6.54. The van der Waals surface area contributed by atoms with E-state index in [-0.39, 0.29) is 6.04 Å². The number of hydrogen-bond acceptors (Lipinski definition) is 3. The molecule has 0 saturated carbocycles. The Bertz CT molecular complexity index is 719. The predicted octanol–water partition coefficient (Wildman–Crippen LogP) is 3.63. The third-order valence-electron chi connectivity index (χ3n) is 3.86. The van der Waals surface area contributed by atoms with E-state index in [9.17, 15) is 0 Å². The van der Waals surface area contributed by atoms with E-state index < -0.39 is 0 Å². The summed E-state index contributed by atoms with van der Waals surface area (Å²) in [6, 6.07) is 10.3. The summed E-state index contributed by atoms with van der Waals surface area (Å²) in [6.45, 7) is 5.10. The molecule has 0 radical (unpaired) electrons. The van der Waals surface area contributed by atoms with Gasteiger partial charge in [-0.25, -0.2) is 0 Å². The highest BCUT2D eigenvalue weighted by molar-refractivity contribution is 5.65. The highest BCUT2D eigenvalue weighted by Gasteiger charge is 2.16. The number of hydrogen-bond donors (Lipinski definition) is 2. The van der Waals surface area contributed by atoms with Crippen LogP contribution in [0.4, 0.5) is 0 Å². The Kier molecular flexibility index (Phi) is 4.30. The summed E-state index contributed by atoms with van der Waals surface area (Å²) in [5.41, 5.74) is 5.84. The minimum absolute atomic E-state index is 0.233. The van der Waals surface area contributed by atoms with Gasteiger partial charge < -0.3 is 10.3 Å². The van der Waals surface area contributed by atoms with Crippen molar-refractivity contribution in [1.29, 1.82) is 0 Å². The smallest absolute Gasteiger partial charge is 0.0720 e. The molecule has 0 saturated heterocycles. The van der Waals surface area contributed by atoms with Gasteiger partial charge in [-0.15, -0.1) is 0 Å². The summed E-state index contributed by atoms with van der Waals surface area (Å²) >= 11 is 0. The number of nitrogens with one attached hydrogen (secondary N) is 2. The average Bonchev–Trinajstić information content (AvgIpc) is 2.96. The van der Waals surface area contributed by atoms with Gasteiger partial charge in [0.25, 0.3) is 0 Å². The zero-order valence-electron chi connectivity index (χ0n) is 12.9.